The fourth-order valence-electron chi connectivity index (χ4n) is 4.28. The quantitative estimate of drug-likeness (QED) is 0.665. The summed E-state index contributed by atoms with van der Waals surface area (Å²) < 4.78 is 39.4. The summed E-state index contributed by atoms with van der Waals surface area (Å²) in [6.45, 7) is 5.66. The molecule has 2 saturated heterocycles. The Morgan fingerprint density at radius 1 is 0.970 bits per heavy atom. The molecule has 4 rings (SSSR count). The number of hydrogen-bond acceptors (Lipinski definition) is 6. The van der Waals surface area contributed by atoms with E-state index in [0.29, 0.717) is 70.4 Å². The van der Waals surface area contributed by atoms with Crippen LogP contribution in [0.25, 0.3) is 0 Å². The number of carbonyl (C=O) groups is 1. The number of anilines is 2. The van der Waals surface area contributed by atoms with Crippen molar-refractivity contribution in [3.05, 3.63) is 54.1 Å². The molecule has 2 aromatic carbocycles. The van der Waals surface area contributed by atoms with E-state index in [1.807, 2.05) is 42.2 Å². The highest BCUT2D eigenvalue weighted by atomic mass is 32.2. The number of nitrogens with one attached hydrogen (secondary N) is 1. The van der Waals surface area contributed by atoms with Crippen LogP contribution < -0.4 is 10.2 Å². The molecule has 0 radical (unpaired) electrons. The van der Waals surface area contributed by atoms with Crippen molar-refractivity contribution in [2.45, 2.75) is 24.2 Å². The molecule has 33 heavy (non-hydrogen) atoms. The Kier molecular flexibility index (Phi) is 7.64. The van der Waals surface area contributed by atoms with Gasteiger partial charge in [-0.15, -0.1) is 0 Å². The zero-order valence-corrected chi connectivity index (χ0v) is 19.7. The molecule has 2 aliphatic rings. The van der Waals surface area contributed by atoms with Crippen molar-refractivity contribution in [3.63, 3.8) is 0 Å². The number of sulfonamides is 1. The van der Waals surface area contributed by atoms with Crippen LogP contribution in [0.15, 0.2) is 53.4 Å². The van der Waals surface area contributed by atoms with Gasteiger partial charge in [-0.25, -0.2) is 8.42 Å². The molecule has 0 bridgehead atoms. The van der Waals surface area contributed by atoms with E-state index in [9.17, 15) is 13.2 Å². The Balaban J connectivity index is 1.65. The number of amides is 1. The predicted octanol–water partition coefficient (Wildman–Crippen LogP) is 2.68. The van der Waals surface area contributed by atoms with Crippen molar-refractivity contribution < 1.29 is 22.7 Å². The Hall–Kier alpha value is -2.46. The van der Waals surface area contributed by atoms with Crippen LogP contribution in [0.4, 0.5) is 11.4 Å². The van der Waals surface area contributed by atoms with Gasteiger partial charge in [0.1, 0.15) is 4.90 Å². The van der Waals surface area contributed by atoms with Gasteiger partial charge in [0.05, 0.1) is 38.0 Å². The van der Waals surface area contributed by atoms with Crippen LogP contribution in [0.5, 0.6) is 0 Å². The maximum atomic E-state index is 13.6. The van der Waals surface area contributed by atoms with Crippen molar-refractivity contribution in [2.24, 2.45) is 0 Å². The summed E-state index contributed by atoms with van der Waals surface area (Å²) in [7, 11) is -3.76. The lowest BCUT2D eigenvalue weighted by Gasteiger charge is -2.33. The van der Waals surface area contributed by atoms with Crippen LogP contribution in [0.3, 0.4) is 0 Å². The van der Waals surface area contributed by atoms with Gasteiger partial charge in [0.25, 0.3) is 0 Å². The molecule has 0 spiro atoms. The smallest absolute Gasteiger partial charge is 0.245 e. The summed E-state index contributed by atoms with van der Waals surface area (Å²) in [4.78, 5) is 15.3. The van der Waals surface area contributed by atoms with E-state index in [4.69, 9.17) is 9.47 Å². The van der Waals surface area contributed by atoms with E-state index < -0.39 is 10.0 Å². The van der Waals surface area contributed by atoms with Crippen LogP contribution in [-0.4, -0.2) is 71.2 Å². The summed E-state index contributed by atoms with van der Waals surface area (Å²) in [6, 6.07) is 14.8. The Morgan fingerprint density at radius 2 is 1.61 bits per heavy atom. The summed E-state index contributed by atoms with van der Waals surface area (Å²) in [5, 5.41) is 2.95. The average molecular weight is 474 g/mol. The highest BCUT2D eigenvalue weighted by Gasteiger charge is 2.31. The molecular formula is C24H31N3O5S. The number of nitrogens with zero attached hydrogens (tertiary/aromatic N) is 2. The van der Waals surface area contributed by atoms with Crippen LogP contribution in [0.1, 0.15) is 24.8 Å². The van der Waals surface area contributed by atoms with Gasteiger partial charge in [0, 0.05) is 31.9 Å². The molecule has 9 heteroatoms. The molecular weight excluding hydrogens is 442 g/mol. The van der Waals surface area contributed by atoms with Gasteiger partial charge < -0.3 is 19.7 Å². The monoisotopic (exact) mass is 473 g/mol. The molecule has 2 aromatic rings. The van der Waals surface area contributed by atoms with Crippen molar-refractivity contribution >= 4 is 27.3 Å². The first-order chi connectivity index (χ1) is 16.0. The lowest BCUT2D eigenvalue weighted by Crippen LogP contribution is -2.42. The van der Waals surface area contributed by atoms with E-state index >= 15 is 0 Å². The predicted molar refractivity (Wildman–Crippen MR) is 127 cm³/mol. The molecule has 0 aliphatic carbocycles. The molecule has 1 amide bonds. The molecule has 178 valence electrons. The molecule has 2 fully saturated rings. The third-order valence-electron chi connectivity index (χ3n) is 6.09. The highest BCUT2D eigenvalue weighted by molar-refractivity contribution is 7.89. The first-order valence-corrected chi connectivity index (χ1v) is 12.8. The van der Waals surface area contributed by atoms with Crippen molar-refractivity contribution in [3.8, 4) is 0 Å². The lowest BCUT2D eigenvalue weighted by atomic mass is 9.95. The maximum Gasteiger partial charge on any atom is 0.245 e. The van der Waals surface area contributed by atoms with Crippen LogP contribution in [0.2, 0.25) is 0 Å². The van der Waals surface area contributed by atoms with Gasteiger partial charge in [-0.05, 0) is 30.2 Å². The minimum Gasteiger partial charge on any atom is -0.379 e. The first-order valence-electron chi connectivity index (χ1n) is 11.4. The Morgan fingerprint density at radius 3 is 2.24 bits per heavy atom. The third kappa shape index (κ3) is 5.38. The van der Waals surface area contributed by atoms with Gasteiger partial charge in [-0.1, -0.05) is 37.3 Å². The second-order valence-electron chi connectivity index (χ2n) is 8.16. The van der Waals surface area contributed by atoms with E-state index in [1.54, 1.807) is 18.2 Å². The number of hydrogen-bond donors (Lipinski definition) is 1. The highest BCUT2D eigenvalue weighted by Crippen LogP contribution is 2.32. The minimum absolute atomic E-state index is 0.155. The Bertz CT molecular complexity index is 1050. The molecule has 1 atom stereocenters. The van der Waals surface area contributed by atoms with E-state index in [-0.39, 0.29) is 16.7 Å². The summed E-state index contributed by atoms with van der Waals surface area (Å²) in [6.07, 6.45) is 0.640. The largest absolute Gasteiger partial charge is 0.379 e. The SMILES string of the molecule is CC[C@H](C(=O)Nc1ccc(N2CCOCC2)c(S(=O)(=O)N2CCOCC2)c1)c1ccccc1. The standard InChI is InChI=1S/C24H31N3O5S/c1-2-21(19-6-4-3-5-7-19)24(28)25-20-8-9-22(26-10-14-31-15-11-26)23(18-20)33(29,30)27-12-16-32-17-13-27/h3-9,18,21H,2,10-17H2,1H3,(H,25,28)/t21-/m0/s1. The van der Waals surface area contributed by atoms with Crippen LogP contribution >= 0.6 is 0 Å². The second kappa shape index (κ2) is 10.6. The molecule has 1 N–H and O–H groups in total. The fraction of sp³-hybridized carbons (Fsp3) is 0.458. The van der Waals surface area contributed by atoms with Gasteiger partial charge in [-0.2, -0.15) is 4.31 Å². The minimum atomic E-state index is -3.76. The van der Waals surface area contributed by atoms with Crippen LogP contribution in [-0.2, 0) is 24.3 Å². The number of benzene rings is 2. The summed E-state index contributed by atoms with van der Waals surface area (Å²) in [5.74, 6) is -0.470. The van der Waals surface area contributed by atoms with Gasteiger partial charge in [-0.3, -0.25) is 4.79 Å². The zero-order chi connectivity index (χ0) is 23.3. The van der Waals surface area contributed by atoms with Crippen molar-refractivity contribution in [1.82, 2.24) is 4.31 Å². The summed E-state index contributed by atoms with van der Waals surface area (Å²) >= 11 is 0. The topological polar surface area (TPSA) is 88.2 Å². The third-order valence-corrected chi connectivity index (χ3v) is 8.02. The molecule has 0 unspecified atom stereocenters. The Labute approximate surface area is 195 Å². The van der Waals surface area contributed by atoms with E-state index in [0.717, 1.165) is 5.56 Å². The number of rotatable bonds is 7. The average Bonchev–Trinajstić information content (AvgIpc) is 2.86. The van der Waals surface area contributed by atoms with Crippen molar-refractivity contribution in [1.29, 1.82) is 0 Å². The molecule has 2 heterocycles. The number of morpholine rings is 2. The second-order valence-corrected chi connectivity index (χ2v) is 10.1. The van der Waals surface area contributed by atoms with Crippen molar-refractivity contribution in [2.75, 3.05) is 62.8 Å². The lowest BCUT2D eigenvalue weighted by molar-refractivity contribution is -0.117. The van der Waals surface area contributed by atoms with Gasteiger partial charge >= 0.3 is 0 Å². The van der Waals surface area contributed by atoms with Gasteiger partial charge in [0.15, 0.2) is 0 Å². The zero-order valence-electron chi connectivity index (χ0n) is 18.9. The number of ether oxygens (including phenoxy) is 2. The molecule has 2 aliphatic heterocycles. The molecule has 0 aromatic heterocycles. The normalized spacial score (nSPS) is 18.6. The summed E-state index contributed by atoms with van der Waals surface area (Å²) in [5.41, 5.74) is 2.04. The van der Waals surface area contributed by atoms with E-state index in [2.05, 4.69) is 5.32 Å². The van der Waals surface area contributed by atoms with Crippen LogP contribution in [0, 0.1) is 0 Å². The molecule has 8 nitrogen and oxygen atoms in total. The fourth-order valence-corrected chi connectivity index (χ4v) is 5.92. The van der Waals surface area contributed by atoms with E-state index in [1.165, 1.54) is 4.31 Å². The first kappa shape index (κ1) is 23.7. The maximum absolute atomic E-state index is 13.6. The molecule has 0 saturated carbocycles. The number of carbonyl (C=O) groups excluding carboxylic acids is 1. The van der Waals surface area contributed by atoms with Gasteiger partial charge in [0.2, 0.25) is 15.9 Å².